The van der Waals surface area contributed by atoms with Crippen LogP contribution in [0.15, 0.2) is 30.3 Å². The first-order valence-electron chi connectivity index (χ1n) is 7.25. The van der Waals surface area contributed by atoms with Gasteiger partial charge in [-0.05, 0) is 51.4 Å². The van der Waals surface area contributed by atoms with Gasteiger partial charge in [-0.1, -0.05) is 11.6 Å². The quantitative estimate of drug-likeness (QED) is 0.850. The Kier molecular flexibility index (Phi) is 5.90. The molecule has 2 N–H and O–H groups in total. The van der Waals surface area contributed by atoms with E-state index in [1.54, 1.807) is 30.3 Å². The van der Waals surface area contributed by atoms with Crippen molar-refractivity contribution in [3.63, 3.8) is 0 Å². The molecule has 0 aliphatic rings. The molecule has 7 heteroatoms. The molecule has 1 aromatic carbocycles. The Morgan fingerprint density at radius 3 is 2.57 bits per heavy atom. The molecule has 0 saturated heterocycles. The zero-order chi connectivity index (χ0) is 16.8. The van der Waals surface area contributed by atoms with Crippen LogP contribution in [-0.4, -0.2) is 48.0 Å². The molecule has 0 atom stereocenters. The molecule has 2 aromatic rings. The lowest BCUT2D eigenvalue weighted by molar-refractivity contribution is 0.102. The number of carbonyl (C=O) groups excluding carboxylic acids is 1. The second-order valence-corrected chi connectivity index (χ2v) is 5.85. The molecule has 1 amide bonds. The van der Waals surface area contributed by atoms with Crippen LogP contribution in [0.3, 0.4) is 0 Å². The van der Waals surface area contributed by atoms with Crippen molar-refractivity contribution < 1.29 is 4.79 Å². The molecule has 0 spiro atoms. The van der Waals surface area contributed by atoms with Crippen molar-refractivity contribution in [1.82, 2.24) is 14.9 Å². The van der Waals surface area contributed by atoms with Crippen LogP contribution in [0.5, 0.6) is 0 Å². The van der Waals surface area contributed by atoms with Crippen molar-refractivity contribution in [1.29, 1.82) is 0 Å². The highest BCUT2D eigenvalue weighted by Crippen LogP contribution is 2.14. The minimum absolute atomic E-state index is 0.284. The Labute approximate surface area is 140 Å². The van der Waals surface area contributed by atoms with E-state index in [1.165, 1.54) is 0 Å². The van der Waals surface area contributed by atoms with Gasteiger partial charge in [0.25, 0.3) is 5.91 Å². The zero-order valence-electron chi connectivity index (χ0n) is 13.4. The van der Waals surface area contributed by atoms with Gasteiger partial charge in [-0.3, -0.25) is 4.79 Å². The maximum absolute atomic E-state index is 12.3. The average Bonchev–Trinajstić information content (AvgIpc) is 2.48. The van der Waals surface area contributed by atoms with E-state index in [2.05, 4.69) is 25.5 Å². The number of halogens is 1. The summed E-state index contributed by atoms with van der Waals surface area (Å²) in [5, 5.41) is 6.53. The van der Waals surface area contributed by atoms with Crippen molar-refractivity contribution in [2.45, 2.75) is 6.92 Å². The maximum atomic E-state index is 12.3. The number of hydrogen-bond acceptors (Lipinski definition) is 5. The van der Waals surface area contributed by atoms with Gasteiger partial charge < -0.3 is 15.5 Å². The van der Waals surface area contributed by atoms with Gasteiger partial charge in [-0.25, -0.2) is 9.97 Å². The fourth-order valence-corrected chi connectivity index (χ4v) is 2.01. The predicted molar refractivity (Wildman–Crippen MR) is 93.2 cm³/mol. The molecular formula is C16H20ClN5O. The van der Waals surface area contributed by atoms with E-state index in [9.17, 15) is 4.79 Å². The van der Waals surface area contributed by atoms with E-state index in [-0.39, 0.29) is 5.91 Å². The number of aromatic nitrogens is 2. The number of rotatable bonds is 6. The van der Waals surface area contributed by atoms with Crippen LogP contribution in [-0.2, 0) is 0 Å². The Morgan fingerprint density at radius 2 is 1.91 bits per heavy atom. The summed E-state index contributed by atoms with van der Waals surface area (Å²) in [7, 11) is 3.98. The topological polar surface area (TPSA) is 70.2 Å². The van der Waals surface area contributed by atoms with E-state index in [1.807, 2.05) is 21.0 Å². The highest BCUT2D eigenvalue weighted by atomic mass is 35.5. The summed E-state index contributed by atoms with van der Waals surface area (Å²) in [6.45, 7) is 3.39. The van der Waals surface area contributed by atoms with Crippen molar-refractivity contribution in [2.75, 3.05) is 37.8 Å². The summed E-state index contributed by atoms with van der Waals surface area (Å²) >= 11 is 5.83. The summed E-state index contributed by atoms with van der Waals surface area (Å²) in [6, 6.07) is 8.57. The number of amides is 1. The van der Waals surface area contributed by atoms with E-state index in [0.717, 1.165) is 12.2 Å². The van der Waals surface area contributed by atoms with E-state index >= 15 is 0 Å². The SMILES string of the molecule is Cc1cc(C(=O)Nc2ccc(Cl)cc2)nc(NCCN(C)C)n1. The average molecular weight is 334 g/mol. The minimum Gasteiger partial charge on any atom is -0.353 e. The van der Waals surface area contributed by atoms with Gasteiger partial charge in [0.05, 0.1) is 0 Å². The Morgan fingerprint density at radius 1 is 1.22 bits per heavy atom. The summed E-state index contributed by atoms with van der Waals surface area (Å²) in [5.74, 6) is 0.168. The molecule has 0 fully saturated rings. The maximum Gasteiger partial charge on any atom is 0.274 e. The van der Waals surface area contributed by atoms with Gasteiger partial charge >= 0.3 is 0 Å². The number of aryl methyl sites for hydroxylation is 1. The second kappa shape index (κ2) is 7.89. The third kappa shape index (κ3) is 5.50. The molecule has 0 aliphatic carbocycles. The largest absolute Gasteiger partial charge is 0.353 e. The molecule has 0 saturated carbocycles. The van der Waals surface area contributed by atoms with Gasteiger partial charge in [0.2, 0.25) is 5.95 Å². The lowest BCUT2D eigenvalue weighted by atomic mass is 10.3. The summed E-state index contributed by atoms with van der Waals surface area (Å²) in [6.07, 6.45) is 0. The minimum atomic E-state index is -0.284. The first-order chi connectivity index (χ1) is 10.9. The van der Waals surface area contributed by atoms with Gasteiger partial charge in [0.1, 0.15) is 5.69 Å². The number of anilines is 2. The van der Waals surface area contributed by atoms with Gasteiger partial charge in [-0.2, -0.15) is 0 Å². The Hall–Kier alpha value is -2.18. The van der Waals surface area contributed by atoms with E-state index in [4.69, 9.17) is 11.6 Å². The van der Waals surface area contributed by atoms with Crippen LogP contribution in [0.1, 0.15) is 16.2 Å². The van der Waals surface area contributed by atoms with Crippen LogP contribution in [0.2, 0.25) is 5.02 Å². The Bertz CT molecular complexity index is 673. The Balaban J connectivity index is 2.07. The van der Waals surface area contributed by atoms with Crippen LogP contribution < -0.4 is 10.6 Å². The van der Waals surface area contributed by atoms with Gasteiger partial charge in [0.15, 0.2) is 0 Å². The van der Waals surface area contributed by atoms with Crippen LogP contribution >= 0.6 is 11.6 Å². The molecule has 0 unspecified atom stereocenters. The number of likely N-dealkylation sites (N-methyl/N-ethyl adjacent to an activating group) is 1. The monoisotopic (exact) mass is 333 g/mol. The zero-order valence-corrected chi connectivity index (χ0v) is 14.2. The van der Waals surface area contributed by atoms with E-state index in [0.29, 0.717) is 28.9 Å². The highest BCUT2D eigenvalue weighted by Gasteiger charge is 2.11. The molecule has 1 heterocycles. The smallest absolute Gasteiger partial charge is 0.274 e. The predicted octanol–water partition coefficient (Wildman–Crippen LogP) is 2.66. The fraction of sp³-hybridized carbons (Fsp3) is 0.312. The lowest BCUT2D eigenvalue weighted by Gasteiger charge is -2.11. The molecule has 122 valence electrons. The molecule has 1 aromatic heterocycles. The van der Waals surface area contributed by atoms with Gasteiger partial charge in [0, 0.05) is 29.5 Å². The van der Waals surface area contributed by atoms with Crippen molar-refractivity contribution in [3.05, 3.63) is 46.7 Å². The van der Waals surface area contributed by atoms with Crippen LogP contribution in [0.25, 0.3) is 0 Å². The summed E-state index contributed by atoms with van der Waals surface area (Å²) in [4.78, 5) is 22.9. The van der Waals surface area contributed by atoms with Crippen LogP contribution in [0.4, 0.5) is 11.6 Å². The molecule has 6 nitrogen and oxygen atoms in total. The van der Waals surface area contributed by atoms with Gasteiger partial charge in [-0.15, -0.1) is 0 Å². The normalized spacial score (nSPS) is 10.7. The molecule has 0 aliphatic heterocycles. The van der Waals surface area contributed by atoms with E-state index < -0.39 is 0 Å². The molecule has 0 radical (unpaired) electrons. The number of nitrogens with one attached hydrogen (secondary N) is 2. The van der Waals surface area contributed by atoms with Crippen molar-refractivity contribution in [2.24, 2.45) is 0 Å². The third-order valence-electron chi connectivity index (χ3n) is 3.03. The number of carbonyl (C=O) groups is 1. The summed E-state index contributed by atoms with van der Waals surface area (Å²) < 4.78 is 0. The number of benzene rings is 1. The first kappa shape index (κ1) is 17.2. The van der Waals surface area contributed by atoms with Crippen LogP contribution in [0, 0.1) is 6.92 Å². The highest BCUT2D eigenvalue weighted by molar-refractivity contribution is 6.30. The molecule has 23 heavy (non-hydrogen) atoms. The fourth-order valence-electron chi connectivity index (χ4n) is 1.88. The van der Waals surface area contributed by atoms with Crippen molar-refractivity contribution >= 4 is 29.1 Å². The first-order valence-corrected chi connectivity index (χ1v) is 7.63. The second-order valence-electron chi connectivity index (χ2n) is 5.41. The third-order valence-corrected chi connectivity index (χ3v) is 3.28. The van der Waals surface area contributed by atoms with Crippen molar-refractivity contribution in [3.8, 4) is 0 Å². The molecular weight excluding hydrogens is 314 g/mol. The molecule has 2 rings (SSSR count). The molecule has 0 bridgehead atoms. The lowest BCUT2D eigenvalue weighted by Crippen LogP contribution is -2.22. The summed E-state index contributed by atoms with van der Waals surface area (Å²) in [5.41, 5.74) is 1.71. The number of nitrogens with zero attached hydrogens (tertiary/aromatic N) is 3. The number of hydrogen-bond donors (Lipinski definition) is 2. The standard InChI is InChI=1S/C16H20ClN5O/c1-11-10-14(21-16(19-11)18-8-9-22(2)3)15(23)20-13-6-4-12(17)5-7-13/h4-7,10H,8-9H2,1-3H3,(H,20,23)(H,18,19,21).